The lowest BCUT2D eigenvalue weighted by Crippen LogP contribution is -2.43. The van der Waals surface area contributed by atoms with Crippen LogP contribution in [0.4, 0.5) is 0 Å². The van der Waals surface area contributed by atoms with Crippen molar-refractivity contribution in [3.05, 3.63) is 45.2 Å². The largest absolute Gasteiger partial charge is 0.322 e. The summed E-state index contributed by atoms with van der Waals surface area (Å²) in [6.45, 7) is 8.93. The molecule has 2 heterocycles. The van der Waals surface area contributed by atoms with E-state index in [1.165, 1.54) is 11.1 Å². The molecule has 0 spiro atoms. The van der Waals surface area contributed by atoms with E-state index in [0.29, 0.717) is 0 Å². The Morgan fingerprint density at radius 1 is 1.10 bits per heavy atom. The van der Waals surface area contributed by atoms with Crippen molar-refractivity contribution >= 4 is 10.9 Å². The first kappa shape index (κ1) is 13.3. The van der Waals surface area contributed by atoms with Crippen LogP contribution in [-0.4, -0.2) is 36.1 Å². The highest BCUT2D eigenvalue weighted by Gasteiger charge is 2.12. The fraction of sp³-hybridized carbons (Fsp3) is 0.438. The van der Waals surface area contributed by atoms with Crippen LogP contribution < -0.4 is 10.9 Å². The Bertz CT molecular complexity index is 684. The number of piperazine rings is 1. The molecule has 1 aromatic heterocycles. The van der Waals surface area contributed by atoms with Gasteiger partial charge in [0.25, 0.3) is 5.56 Å². The summed E-state index contributed by atoms with van der Waals surface area (Å²) < 4.78 is 0. The number of hydrogen-bond acceptors (Lipinski definition) is 3. The highest BCUT2D eigenvalue weighted by atomic mass is 16.1. The summed E-state index contributed by atoms with van der Waals surface area (Å²) >= 11 is 0. The van der Waals surface area contributed by atoms with Gasteiger partial charge < -0.3 is 10.3 Å². The van der Waals surface area contributed by atoms with Crippen LogP contribution in [0.5, 0.6) is 0 Å². The topological polar surface area (TPSA) is 48.1 Å². The van der Waals surface area contributed by atoms with Gasteiger partial charge in [-0.15, -0.1) is 0 Å². The molecule has 0 unspecified atom stereocenters. The Labute approximate surface area is 118 Å². The van der Waals surface area contributed by atoms with E-state index in [0.717, 1.165) is 49.2 Å². The van der Waals surface area contributed by atoms with Gasteiger partial charge in [-0.2, -0.15) is 0 Å². The average Bonchev–Trinajstić information content (AvgIpc) is 2.43. The molecule has 0 radical (unpaired) electrons. The molecule has 4 nitrogen and oxygen atoms in total. The van der Waals surface area contributed by atoms with Crippen molar-refractivity contribution in [1.29, 1.82) is 0 Å². The summed E-state index contributed by atoms with van der Waals surface area (Å²) in [6, 6.07) is 6.26. The zero-order valence-corrected chi connectivity index (χ0v) is 12.1. The second kappa shape index (κ2) is 5.38. The Balaban J connectivity index is 1.96. The molecule has 0 aliphatic carbocycles. The molecule has 106 valence electrons. The van der Waals surface area contributed by atoms with Crippen LogP contribution in [0.3, 0.4) is 0 Å². The van der Waals surface area contributed by atoms with Crippen LogP contribution in [0.1, 0.15) is 16.7 Å². The number of pyridine rings is 1. The number of hydrogen-bond donors (Lipinski definition) is 2. The fourth-order valence-corrected chi connectivity index (χ4v) is 2.75. The number of benzene rings is 1. The zero-order valence-electron chi connectivity index (χ0n) is 12.1. The molecule has 0 amide bonds. The minimum Gasteiger partial charge on any atom is -0.322 e. The second-order valence-corrected chi connectivity index (χ2v) is 5.67. The molecule has 0 saturated carbocycles. The van der Waals surface area contributed by atoms with Crippen LogP contribution in [0, 0.1) is 13.8 Å². The van der Waals surface area contributed by atoms with Crippen LogP contribution in [-0.2, 0) is 6.54 Å². The first-order chi connectivity index (χ1) is 9.63. The first-order valence-corrected chi connectivity index (χ1v) is 7.20. The van der Waals surface area contributed by atoms with E-state index in [2.05, 4.69) is 41.2 Å². The lowest BCUT2D eigenvalue weighted by atomic mass is 10.0. The van der Waals surface area contributed by atoms with Crippen molar-refractivity contribution in [2.24, 2.45) is 0 Å². The molecular formula is C16H21N3O. The van der Waals surface area contributed by atoms with Gasteiger partial charge in [-0.05, 0) is 48.6 Å². The molecular weight excluding hydrogens is 250 g/mol. The molecule has 2 N–H and O–H groups in total. The molecule has 2 aromatic rings. The number of aromatic amines is 1. The van der Waals surface area contributed by atoms with E-state index in [9.17, 15) is 4.79 Å². The third-order valence-corrected chi connectivity index (χ3v) is 4.14. The number of rotatable bonds is 2. The summed E-state index contributed by atoms with van der Waals surface area (Å²) in [5.74, 6) is 0. The van der Waals surface area contributed by atoms with Gasteiger partial charge in [0.15, 0.2) is 0 Å². The molecule has 1 aliphatic rings. The van der Waals surface area contributed by atoms with Gasteiger partial charge in [0.05, 0.1) is 0 Å². The number of nitrogens with zero attached hydrogens (tertiary/aromatic N) is 1. The molecule has 1 aromatic carbocycles. The van der Waals surface area contributed by atoms with Crippen molar-refractivity contribution in [2.75, 3.05) is 26.2 Å². The summed E-state index contributed by atoms with van der Waals surface area (Å²) in [5, 5.41) is 4.45. The molecule has 4 heteroatoms. The van der Waals surface area contributed by atoms with E-state index >= 15 is 0 Å². The Morgan fingerprint density at radius 2 is 1.80 bits per heavy atom. The SMILES string of the molecule is Cc1cc2cc(CN3CCNCC3)c(=O)[nH]c2cc1C. The first-order valence-electron chi connectivity index (χ1n) is 7.20. The van der Waals surface area contributed by atoms with Crippen molar-refractivity contribution in [2.45, 2.75) is 20.4 Å². The number of aryl methyl sites for hydroxylation is 2. The monoisotopic (exact) mass is 271 g/mol. The second-order valence-electron chi connectivity index (χ2n) is 5.67. The number of H-pyrrole nitrogens is 1. The minimum atomic E-state index is 0.0410. The van der Waals surface area contributed by atoms with Gasteiger partial charge in [0, 0.05) is 43.8 Å². The lowest BCUT2D eigenvalue weighted by molar-refractivity contribution is 0.232. The van der Waals surface area contributed by atoms with Crippen molar-refractivity contribution in [3.63, 3.8) is 0 Å². The standard InChI is InChI=1S/C16H21N3O/c1-11-7-13-9-14(10-19-5-3-17-4-6-19)16(20)18-15(13)8-12(11)2/h7-9,17H,3-6,10H2,1-2H3,(H,18,20). The predicted molar refractivity (Wildman–Crippen MR) is 82.2 cm³/mol. The van der Waals surface area contributed by atoms with Crippen LogP contribution in [0.25, 0.3) is 10.9 Å². The normalized spacial score (nSPS) is 16.7. The fourth-order valence-electron chi connectivity index (χ4n) is 2.75. The lowest BCUT2D eigenvalue weighted by Gasteiger charge is -2.26. The molecule has 3 rings (SSSR count). The van der Waals surface area contributed by atoms with Crippen molar-refractivity contribution < 1.29 is 0 Å². The molecule has 20 heavy (non-hydrogen) atoms. The van der Waals surface area contributed by atoms with Crippen molar-refractivity contribution in [1.82, 2.24) is 15.2 Å². The Kier molecular flexibility index (Phi) is 3.59. The number of aromatic nitrogens is 1. The molecule has 0 atom stereocenters. The van der Waals surface area contributed by atoms with E-state index in [-0.39, 0.29) is 5.56 Å². The maximum Gasteiger partial charge on any atom is 0.252 e. The van der Waals surface area contributed by atoms with E-state index in [4.69, 9.17) is 0 Å². The van der Waals surface area contributed by atoms with Gasteiger partial charge in [0.1, 0.15) is 0 Å². The maximum absolute atomic E-state index is 12.2. The summed E-state index contributed by atoms with van der Waals surface area (Å²) in [5.41, 5.74) is 4.31. The molecule has 1 fully saturated rings. The van der Waals surface area contributed by atoms with Gasteiger partial charge in [-0.3, -0.25) is 9.69 Å². The highest BCUT2D eigenvalue weighted by molar-refractivity contribution is 5.80. The van der Waals surface area contributed by atoms with E-state index < -0.39 is 0 Å². The molecule has 0 bridgehead atoms. The maximum atomic E-state index is 12.2. The summed E-state index contributed by atoms with van der Waals surface area (Å²) in [6.07, 6.45) is 0. The number of fused-ring (bicyclic) bond motifs is 1. The van der Waals surface area contributed by atoms with E-state index in [1.807, 2.05) is 6.07 Å². The summed E-state index contributed by atoms with van der Waals surface area (Å²) in [4.78, 5) is 17.6. The Hall–Kier alpha value is -1.65. The van der Waals surface area contributed by atoms with E-state index in [1.54, 1.807) is 0 Å². The Morgan fingerprint density at radius 3 is 2.55 bits per heavy atom. The zero-order chi connectivity index (χ0) is 14.1. The predicted octanol–water partition coefficient (Wildman–Crippen LogP) is 1.55. The third kappa shape index (κ3) is 2.62. The van der Waals surface area contributed by atoms with Crippen molar-refractivity contribution in [3.8, 4) is 0 Å². The average molecular weight is 271 g/mol. The quantitative estimate of drug-likeness (QED) is 0.871. The van der Waals surface area contributed by atoms with Gasteiger partial charge >= 0.3 is 0 Å². The third-order valence-electron chi connectivity index (χ3n) is 4.14. The summed E-state index contributed by atoms with van der Waals surface area (Å²) in [7, 11) is 0. The highest BCUT2D eigenvalue weighted by Crippen LogP contribution is 2.17. The minimum absolute atomic E-state index is 0.0410. The van der Waals surface area contributed by atoms with Gasteiger partial charge in [-0.25, -0.2) is 0 Å². The number of nitrogens with one attached hydrogen (secondary N) is 2. The molecule has 1 saturated heterocycles. The van der Waals surface area contributed by atoms with Crippen LogP contribution >= 0.6 is 0 Å². The smallest absolute Gasteiger partial charge is 0.252 e. The van der Waals surface area contributed by atoms with Crippen LogP contribution in [0.2, 0.25) is 0 Å². The van der Waals surface area contributed by atoms with Gasteiger partial charge in [0.2, 0.25) is 0 Å². The van der Waals surface area contributed by atoms with Crippen LogP contribution in [0.15, 0.2) is 23.0 Å². The van der Waals surface area contributed by atoms with Gasteiger partial charge in [-0.1, -0.05) is 0 Å². The molecule has 1 aliphatic heterocycles.